The summed E-state index contributed by atoms with van der Waals surface area (Å²) < 4.78 is 15.7. The molecule has 0 unspecified atom stereocenters. The summed E-state index contributed by atoms with van der Waals surface area (Å²) in [7, 11) is 0. The Morgan fingerprint density at radius 3 is 2.19 bits per heavy atom. The first-order valence-electron chi connectivity index (χ1n) is 9.98. The quantitative estimate of drug-likeness (QED) is 0.251. The Morgan fingerprint density at radius 2 is 1.53 bits per heavy atom. The predicted octanol–water partition coefficient (Wildman–Crippen LogP) is 5.05. The fourth-order valence-corrected chi connectivity index (χ4v) is 3.36. The average molecular weight is 428 g/mol. The van der Waals surface area contributed by atoms with Crippen molar-refractivity contribution in [3.05, 3.63) is 99.9 Å². The fourth-order valence-electron chi connectivity index (χ4n) is 3.36. The first-order chi connectivity index (χ1) is 15.4. The topological polar surface area (TPSA) is 82.8 Å². The van der Waals surface area contributed by atoms with Crippen molar-refractivity contribution in [2.75, 3.05) is 0 Å². The van der Waals surface area contributed by atoms with Gasteiger partial charge in [0.05, 0.1) is 5.56 Å². The molecule has 0 radical (unpaired) electrons. The number of hydrogen-bond donors (Lipinski definition) is 0. The van der Waals surface area contributed by atoms with Crippen LogP contribution in [0.15, 0.2) is 82.0 Å². The number of ether oxygens (including phenoxy) is 2. The maximum Gasteiger partial charge on any atom is 0.338 e. The van der Waals surface area contributed by atoms with E-state index in [-0.39, 0.29) is 12.6 Å². The summed E-state index contributed by atoms with van der Waals surface area (Å²) in [5.74, 6) is -0.394. The Balaban J connectivity index is 1.46. The van der Waals surface area contributed by atoms with Crippen LogP contribution in [0.1, 0.15) is 28.4 Å². The molecule has 32 heavy (non-hydrogen) atoms. The summed E-state index contributed by atoms with van der Waals surface area (Å²) in [4.78, 5) is 35.4. The molecular formula is C26H20O6. The van der Waals surface area contributed by atoms with Crippen molar-refractivity contribution in [1.29, 1.82) is 0 Å². The van der Waals surface area contributed by atoms with Crippen LogP contribution in [-0.4, -0.2) is 11.9 Å². The van der Waals surface area contributed by atoms with Crippen LogP contribution in [0.25, 0.3) is 22.1 Å². The molecule has 1 aromatic heterocycles. The van der Waals surface area contributed by atoms with Crippen molar-refractivity contribution in [3.63, 3.8) is 0 Å². The molecule has 0 fully saturated rings. The number of carbonyl (C=O) groups is 2. The van der Waals surface area contributed by atoms with Gasteiger partial charge in [0.2, 0.25) is 0 Å². The van der Waals surface area contributed by atoms with Gasteiger partial charge in [-0.05, 0) is 53.9 Å². The van der Waals surface area contributed by atoms with Crippen LogP contribution in [0.4, 0.5) is 0 Å². The Morgan fingerprint density at radius 1 is 0.875 bits per heavy atom. The smallest absolute Gasteiger partial charge is 0.338 e. The fraction of sp³-hybridized carbons (Fsp3) is 0.115. The van der Waals surface area contributed by atoms with Gasteiger partial charge in [0.25, 0.3) is 0 Å². The summed E-state index contributed by atoms with van der Waals surface area (Å²) in [5, 5.41) is 0.732. The normalized spacial score (nSPS) is 10.7. The van der Waals surface area contributed by atoms with Crippen molar-refractivity contribution in [3.8, 4) is 16.9 Å². The molecule has 0 bridgehead atoms. The Bertz CT molecular complexity index is 1350. The number of carbonyl (C=O) groups excluding carboxylic acids is 2. The molecule has 160 valence electrons. The summed E-state index contributed by atoms with van der Waals surface area (Å²) >= 11 is 0. The molecule has 0 amide bonds. The SMILES string of the molecule is CC(=O)Oc1ccc(-c2ccc(C(=O)OCc3cc(=O)oc4cc(C)ccc34)cc2)cc1. The van der Waals surface area contributed by atoms with Gasteiger partial charge in [0.15, 0.2) is 0 Å². The highest BCUT2D eigenvalue weighted by molar-refractivity contribution is 5.90. The standard InChI is InChI=1S/C26H20O6/c1-16-3-12-23-21(14-25(28)32-24(23)13-16)15-30-26(29)20-6-4-18(5-7-20)19-8-10-22(11-9-19)31-17(2)27/h3-14H,15H2,1-2H3. The Labute approximate surface area is 184 Å². The molecule has 4 rings (SSSR count). The van der Waals surface area contributed by atoms with Crippen molar-refractivity contribution in [2.45, 2.75) is 20.5 Å². The summed E-state index contributed by atoms with van der Waals surface area (Å²) in [6.45, 7) is 3.22. The van der Waals surface area contributed by atoms with Crippen LogP contribution in [-0.2, 0) is 16.1 Å². The van der Waals surface area contributed by atoms with E-state index >= 15 is 0 Å². The summed E-state index contributed by atoms with van der Waals surface area (Å²) in [6, 6.07) is 20.9. The molecule has 0 saturated carbocycles. The van der Waals surface area contributed by atoms with Gasteiger partial charge in [0.1, 0.15) is 17.9 Å². The van der Waals surface area contributed by atoms with E-state index in [2.05, 4.69) is 0 Å². The van der Waals surface area contributed by atoms with Crippen LogP contribution in [0, 0.1) is 6.92 Å². The second kappa shape index (κ2) is 8.89. The molecule has 6 nitrogen and oxygen atoms in total. The molecule has 0 aliphatic carbocycles. The van der Waals surface area contributed by atoms with Gasteiger partial charge in [-0.2, -0.15) is 0 Å². The van der Waals surface area contributed by atoms with Crippen LogP contribution >= 0.6 is 0 Å². The highest BCUT2D eigenvalue weighted by Gasteiger charge is 2.11. The Kier molecular flexibility index (Phi) is 5.85. The first-order valence-corrected chi connectivity index (χ1v) is 9.98. The van der Waals surface area contributed by atoms with E-state index in [1.807, 2.05) is 43.3 Å². The van der Waals surface area contributed by atoms with Crippen molar-refractivity contribution in [1.82, 2.24) is 0 Å². The lowest BCUT2D eigenvalue weighted by atomic mass is 10.0. The lowest BCUT2D eigenvalue weighted by Gasteiger charge is -2.09. The number of fused-ring (bicyclic) bond motifs is 1. The maximum absolute atomic E-state index is 12.5. The van der Waals surface area contributed by atoms with Gasteiger partial charge in [-0.3, -0.25) is 4.79 Å². The molecule has 0 N–H and O–H groups in total. The highest BCUT2D eigenvalue weighted by Crippen LogP contribution is 2.24. The lowest BCUT2D eigenvalue weighted by molar-refractivity contribution is -0.131. The van der Waals surface area contributed by atoms with E-state index in [1.165, 1.54) is 13.0 Å². The minimum atomic E-state index is -0.491. The zero-order valence-corrected chi connectivity index (χ0v) is 17.6. The number of aryl methyl sites for hydroxylation is 1. The summed E-state index contributed by atoms with van der Waals surface area (Å²) in [6.07, 6.45) is 0. The van der Waals surface area contributed by atoms with Crippen molar-refractivity contribution >= 4 is 22.9 Å². The molecule has 0 aliphatic rings. The van der Waals surface area contributed by atoms with Crippen LogP contribution in [0.2, 0.25) is 0 Å². The number of hydrogen-bond acceptors (Lipinski definition) is 6. The molecule has 3 aromatic carbocycles. The minimum absolute atomic E-state index is 0.0383. The van der Waals surface area contributed by atoms with Crippen LogP contribution < -0.4 is 10.4 Å². The van der Waals surface area contributed by atoms with E-state index < -0.39 is 11.6 Å². The third-order valence-corrected chi connectivity index (χ3v) is 4.91. The van der Waals surface area contributed by atoms with Gasteiger partial charge in [-0.1, -0.05) is 36.4 Å². The van der Waals surface area contributed by atoms with Gasteiger partial charge >= 0.3 is 17.6 Å². The van der Waals surface area contributed by atoms with Gasteiger partial charge in [-0.15, -0.1) is 0 Å². The minimum Gasteiger partial charge on any atom is -0.457 e. The average Bonchev–Trinajstić information content (AvgIpc) is 2.77. The Hall–Kier alpha value is -4.19. The molecule has 6 heteroatoms. The van der Waals surface area contributed by atoms with Crippen LogP contribution in [0.5, 0.6) is 5.75 Å². The molecule has 0 aliphatic heterocycles. The lowest BCUT2D eigenvalue weighted by Crippen LogP contribution is -2.08. The van der Waals surface area contributed by atoms with E-state index in [0.717, 1.165) is 22.1 Å². The van der Waals surface area contributed by atoms with E-state index in [1.54, 1.807) is 30.3 Å². The predicted molar refractivity (Wildman–Crippen MR) is 120 cm³/mol. The largest absolute Gasteiger partial charge is 0.457 e. The zero-order chi connectivity index (χ0) is 22.7. The second-order valence-electron chi connectivity index (χ2n) is 7.36. The van der Waals surface area contributed by atoms with Gasteiger partial charge < -0.3 is 13.9 Å². The number of esters is 2. The monoisotopic (exact) mass is 428 g/mol. The molecule has 1 heterocycles. The van der Waals surface area contributed by atoms with Gasteiger partial charge in [-0.25, -0.2) is 9.59 Å². The van der Waals surface area contributed by atoms with Crippen molar-refractivity contribution < 1.29 is 23.5 Å². The highest BCUT2D eigenvalue weighted by atomic mass is 16.5. The van der Waals surface area contributed by atoms with E-state index in [0.29, 0.717) is 22.5 Å². The zero-order valence-electron chi connectivity index (χ0n) is 17.6. The van der Waals surface area contributed by atoms with E-state index in [4.69, 9.17) is 13.9 Å². The molecule has 0 saturated heterocycles. The maximum atomic E-state index is 12.5. The molecule has 0 atom stereocenters. The third kappa shape index (κ3) is 4.75. The molecular weight excluding hydrogens is 408 g/mol. The van der Waals surface area contributed by atoms with Crippen LogP contribution in [0.3, 0.4) is 0 Å². The number of rotatable bonds is 5. The van der Waals surface area contributed by atoms with E-state index in [9.17, 15) is 14.4 Å². The molecule has 0 spiro atoms. The second-order valence-corrected chi connectivity index (χ2v) is 7.36. The first kappa shape index (κ1) is 21.1. The third-order valence-electron chi connectivity index (χ3n) is 4.91. The van der Waals surface area contributed by atoms with Gasteiger partial charge in [0, 0.05) is 23.9 Å². The summed E-state index contributed by atoms with van der Waals surface area (Å²) in [5.41, 5.74) is 3.75. The number of benzene rings is 3. The van der Waals surface area contributed by atoms with Crippen molar-refractivity contribution in [2.24, 2.45) is 0 Å². The molecule has 4 aromatic rings.